The van der Waals surface area contributed by atoms with Crippen LogP contribution in [-0.4, -0.2) is 30.8 Å². The molecule has 0 aliphatic heterocycles. The highest BCUT2D eigenvalue weighted by atomic mass is 79.9. The Bertz CT molecular complexity index is 1150. The Morgan fingerprint density at radius 1 is 1.08 bits per heavy atom. The van der Waals surface area contributed by atoms with Crippen LogP contribution < -0.4 is 5.32 Å². The van der Waals surface area contributed by atoms with E-state index in [1.165, 1.54) is 13.0 Å². The second kappa shape index (κ2) is 12.7. The molecule has 0 fully saturated rings. The molecule has 2 aromatic rings. The van der Waals surface area contributed by atoms with Crippen molar-refractivity contribution >= 4 is 68.3 Å². The highest BCUT2D eigenvalue weighted by Gasteiger charge is 2.40. The number of alkyl halides is 5. The van der Waals surface area contributed by atoms with Gasteiger partial charge in [-0.1, -0.05) is 63.7 Å². The first-order valence-electron chi connectivity index (χ1n) is 10.1. The maximum atomic E-state index is 14.9. The summed E-state index contributed by atoms with van der Waals surface area (Å²) in [5, 5.41) is 1.40. The summed E-state index contributed by atoms with van der Waals surface area (Å²) in [5.41, 5.74) is -0.660. The van der Waals surface area contributed by atoms with Crippen molar-refractivity contribution in [2.75, 3.05) is 6.54 Å². The molecule has 196 valence electrons. The third-order valence-corrected chi connectivity index (χ3v) is 6.80. The third-order valence-electron chi connectivity index (χ3n) is 4.95. The van der Waals surface area contributed by atoms with Crippen molar-refractivity contribution in [1.29, 1.82) is 0 Å². The van der Waals surface area contributed by atoms with E-state index in [-0.39, 0.29) is 37.1 Å². The fourth-order valence-corrected chi connectivity index (χ4v) is 4.31. The van der Waals surface area contributed by atoms with Crippen molar-refractivity contribution in [3.63, 3.8) is 0 Å². The molecule has 2 aromatic carbocycles. The van der Waals surface area contributed by atoms with Gasteiger partial charge in [0, 0.05) is 27.9 Å². The number of rotatable bonds is 9. The molecule has 0 heterocycles. The number of amides is 1. The lowest BCUT2D eigenvalue weighted by Gasteiger charge is -2.19. The smallest absolute Gasteiger partial charge is 0.350 e. The van der Waals surface area contributed by atoms with Crippen molar-refractivity contribution in [3.8, 4) is 0 Å². The van der Waals surface area contributed by atoms with Gasteiger partial charge in [0.15, 0.2) is 5.78 Å². The first kappa shape index (κ1) is 30.5. The van der Waals surface area contributed by atoms with Crippen molar-refractivity contribution in [2.45, 2.75) is 31.9 Å². The second-order valence-electron chi connectivity index (χ2n) is 7.69. The Kier molecular flexibility index (Phi) is 10.7. The van der Waals surface area contributed by atoms with Gasteiger partial charge in [0.1, 0.15) is 11.7 Å². The monoisotopic (exact) mass is 637 g/mol. The van der Waals surface area contributed by atoms with Crippen LogP contribution in [0, 0.1) is 5.92 Å². The molecule has 36 heavy (non-hydrogen) atoms. The van der Waals surface area contributed by atoms with E-state index >= 15 is 0 Å². The van der Waals surface area contributed by atoms with Crippen molar-refractivity contribution in [3.05, 3.63) is 72.6 Å². The number of nitrogens with one attached hydrogen (secondary N) is 1. The standard InChI is InChI=1S/C23H17BrCl3F6NO2/c1-10(22(36)34-9-20(29)30)4-19(35)13-3-2-11(5-15(13)24)18(28)8-14(23(31,32)33)12-6-16(25)21(27)17(26)7-12/h2-3,5-8,10,14,20H,4,9H2,1H3,(H,34,36)/b18-8-/t10-,14?/m0/s1. The van der Waals surface area contributed by atoms with Gasteiger partial charge in [0.25, 0.3) is 6.43 Å². The Balaban J connectivity index is 2.29. The quantitative estimate of drug-likeness (QED) is 0.170. The van der Waals surface area contributed by atoms with Gasteiger partial charge in [-0.2, -0.15) is 13.2 Å². The van der Waals surface area contributed by atoms with E-state index in [0.29, 0.717) is 6.08 Å². The zero-order valence-electron chi connectivity index (χ0n) is 18.2. The summed E-state index contributed by atoms with van der Waals surface area (Å²) in [5.74, 6) is -5.87. The van der Waals surface area contributed by atoms with E-state index in [1.807, 2.05) is 5.32 Å². The maximum absolute atomic E-state index is 14.9. The van der Waals surface area contributed by atoms with Crippen molar-refractivity contribution in [2.24, 2.45) is 5.92 Å². The van der Waals surface area contributed by atoms with E-state index in [2.05, 4.69) is 15.9 Å². The molecule has 0 bridgehead atoms. The summed E-state index contributed by atoms with van der Waals surface area (Å²) < 4.78 is 80.6. The molecule has 1 amide bonds. The highest BCUT2D eigenvalue weighted by Crippen LogP contribution is 2.42. The molecule has 3 nitrogen and oxygen atoms in total. The average Bonchev–Trinajstić information content (AvgIpc) is 2.77. The summed E-state index contributed by atoms with van der Waals surface area (Å²) in [7, 11) is 0. The van der Waals surface area contributed by atoms with Crippen LogP contribution in [0.1, 0.15) is 40.7 Å². The van der Waals surface area contributed by atoms with Gasteiger partial charge in [0.05, 0.1) is 21.6 Å². The topological polar surface area (TPSA) is 46.2 Å². The first-order valence-corrected chi connectivity index (χ1v) is 12.0. The fourth-order valence-electron chi connectivity index (χ4n) is 3.10. The number of Topliss-reactive ketones (excluding diaryl/α,β-unsaturated/α-hetero) is 1. The number of allylic oxidation sites excluding steroid dienone is 1. The van der Waals surface area contributed by atoms with E-state index in [0.717, 1.165) is 24.3 Å². The minimum absolute atomic E-state index is 0.0312. The predicted molar refractivity (Wildman–Crippen MR) is 131 cm³/mol. The molecule has 0 radical (unpaired) electrons. The summed E-state index contributed by atoms with van der Waals surface area (Å²) >= 11 is 20.5. The summed E-state index contributed by atoms with van der Waals surface area (Å²) in [6.07, 6.45) is -7.63. The van der Waals surface area contributed by atoms with Gasteiger partial charge in [0.2, 0.25) is 5.91 Å². The summed E-state index contributed by atoms with van der Waals surface area (Å²) in [6.45, 7) is 0.519. The summed E-state index contributed by atoms with van der Waals surface area (Å²) in [4.78, 5) is 24.4. The third kappa shape index (κ3) is 8.13. The van der Waals surface area contributed by atoms with Gasteiger partial charge < -0.3 is 5.32 Å². The molecule has 0 aromatic heterocycles. The minimum atomic E-state index is -4.90. The number of ketones is 1. The van der Waals surface area contributed by atoms with Crippen LogP contribution in [0.4, 0.5) is 26.3 Å². The van der Waals surface area contributed by atoms with E-state index < -0.39 is 54.1 Å². The lowest BCUT2D eigenvalue weighted by molar-refractivity contribution is -0.139. The van der Waals surface area contributed by atoms with Crippen LogP contribution in [0.3, 0.4) is 0 Å². The number of halogens is 10. The average molecular weight is 640 g/mol. The van der Waals surface area contributed by atoms with E-state index in [9.17, 15) is 35.9 Å². The van der Waals surface area contributed by atoms with Gasteiger partial charge in [-0.3, -0.25) is 9.59 Å². The zero-order chi connectivity index (χ0) is 27.4. The lowest BCUT2D eigenvalue weighted by atomic mass is 9.95. The zero-order valence-corrected chi connectivity index (χ0v) is 22.1. The number of benzene rings is 2. The fraction of sp³-hybridized carbons (Fsp3) is 0.304. The van der Waals surface area contributed by atoms with Gasteiger partial charge in [-0.15, -0.1) is 0 Å². The molecular formula is C23H17BrCl3F6NO2. The van der Waals surface area contributed by atoms with E-state index in [4.69, 9.17) is 34.8 Å². The molecule has 0 aliphatic rings. The van der Waals surface area contributed by atoms with Crippen LogP contribution in [0.5, 0.6) is 0 Å². The van der Waals surface area contributed by atoms with Crippen LogP contribution in [0.15, 0.2) is 40.9 Å². The molecule has 2 atom stereocenters. The maximum Gasteiger partial charge on any atom is 0.399 e. The van der Waals surface area contributed by atoms with Crippen LogP contribution in [-0.2, 0) is 4.79 Å². The van der Waals surface area contributed by atoms with Crippen LogP contribution >= 0.6 is 50.7 Å². The molecule has 0 saturated carbocycles. The Labute approximate surface area is 225 Å². The van der Waals surface area contributed by atoms with Crippen molar-refractivity contribution < 1.29 is 35.9 Å². The molecule has 0 aliphatic carbocycles. The van der Waals surface area contributed by atoms with Gasteiger partial charge in [-0.25, -0.2) is 13.2 Å². The summed E-state index contributed by atoms with van der Waals surface area (Å²) in [6, 6.07) is 5.26. The second-order valence-corrected chi connectivity index (χ2v) is 9.74. The van der Waals surface area contributed by atoms with Gasteiger partial charge >= 0.3 is 6.18 Å². The van der Waals surface area contributed by atoms with Gasteiger partial charge in [-0.05, 0) is 35.9 Å². The van der Waals surface area contributed by atoms with Crippen molar-refractivity contribution in [1.82, 2.24) is 5.32 Å². The van der Waals surface area contributed by atoms with Crippen LogP contribution in [0.2, 0.25) is 15.1 Å². The molecule has 1 unspecified atom stereocenters. The molecule has 0 saturated heterocycles. The SMILES string of the molecule is C[C@@H](CC(=O)c1ccc(/C(F)=C/C(c2cc(Cl)c(Cl)c(Cl)c2)C(F)(F)F)cc1Br)C(=O)NCC(F)F. The number of hydrogen-bond acceptors (Lipinski definition) is 2. The molecule has 0 spiro atoms. The Morgan fingerprint density at radius 2 is 1.67 bits per heavy atom. The Hall–Kier alpha value is -1.75. The molecule has 13 heteroatoms. The number of carbonyl (C=O) groups is 2. The Morgan fingerprint density at radius 3 is 2.17 bits per heavy atom. The number of carbonyl (C=O) groups excluding carboxylic acids is 2. The van der Waals surface area contributed by atoms with Crippen LogP contribution in [0.25, 0.3) is 5.83 Å². The first-order chi connectivity index (χ1) is 16.6. The predicted octanol–water partition coefficient (Wildman–Crippen LogP) is 8.66. The normalized spacial score (nSPS) is 14.1. The molecular weight excluding hydrogens is 623 g/mol. The van der Waals surface area contributed by atoms with E-state index in [1.54, 1.807) is 0 Å². The molecule has 2 rings (SSSR count). The molecule has 1 N–H and O–H groups in total. The number of hydrogen-bond donors (Lipinski definition) is 1. The highest BCUT2D eigenvalue weighted by molar-refractivity contribution is 9.10. The minimum Gasteiger partial charge on any atom is -0.350 e. The lowest BCUT2D eigenvalue weighted by Crippen LogP contribution is -2.33. The largest absolute Gasteiger partial charge is 0.399 e.